The van der Waals surface area contributed by atoms with Crippen molar-refractivity contribution in [3.63, 3.8) is 0 Å². The van der Waals surface area contributed by atoms with Crippen LogP contribution < -0.4 is 11.1 Å². The molecule has 0 fully saturated rings. The smallest absolute Gasteiger partial charge is 0.147 e. The van der Waals surface area contributed by atoms with E-state index in [9.17, 15) is 0 Å². The van der Waals surface area contributed by atoms with Crippen LogP contribution in [0.1, 0.15) is 11.3 Å². The fourth-order valence-corrected chi connectivity index (χ4v) is 1.99. The molecule has 0 spiro atoms. The largest absolute Gasteiger partial charge is 0.394 e. The second kappa shape index (κ2) is 5.31. The molecule has 0 aliphatic carbocycles. The maximum Gasteiger partial charge on any atom is 0.147 e. The number of nitrogens with one attached hydrogen (secondary N) is 1. The second-order valence-electron chi connectivity index (χ2n) is 4.27. The van der Waals surface area contributed by atoms with E-state index in [0.717, 1.165) is 29.5 Å². The topological polar surface area (TPSA) is 55.9 Å². The predicted octanol–water partition coefficient (Wildman–Crippen LogP) is 2.62. The van der Waals surface area contributed by atoms with Crippen LogP contribution in [0.4, 0.5) is 11.5 Å². The minimum Gasteiger partial charge on any atom is -0.394 e. The molecule has 3 N–H and O–H groups in total. The lowest BCUT2D eigenvalue weighted by molar-refractivity contribution is 0.757. The Kier molecular flexibility index (Phi) is 3.77. The predicted molar refractivity (Wildman–Crippen MR) is 76.0 cm³/mol. The molecule has 4 nitrogen and oxygen atoms in total. The van der Waals surface area contributed by atoms with Crippen LogP contribution in [0.15, 0.2) is 24.3 Å². The van der Waals surface area contributed by atoms with Gasteiger partial charge < -0.3 is 11.1 Å². The quantitative estimate of drug-likeness (QED) is 0.893. The lowest BCUT2D eigenvalue weighted by Crippen LogP contribution is -2.09. The van der Waals surface area contributed by atoms with Crippen molar-refractivity contribution in [2.45, 2.75) is 13.3 Å². The number of rotatable bonds is 4. The Morgan fingerprint density at radius 2 is 2.00 bits per heavy atom. The van der Waals surface area contributed by atoms with E-state index in [2.05, 4.69) is 10.4 Å². The van der Waals surface area contributed by atoms with E-state index in [1.807, 2.05) is 38.2 Å². The molecule has 0 aliphatic heterocycles. The van der Waals surface area contributed by atoms with Gasteiger partial charge in [0.1, 0.15) is 5.82 Å². The third kappa shape index (κ3) is 2.76. The highest BCUT2D eigenvalue weighted by atomic mass is 35.5. The van der Waals surface area contributed by atoms with Crippen LogP contribution in [0.2, 0.25) is 5.02 Å². The first kappa shape index (κ1) is 12.8. The Hall–Kier alpha value is -1.68. The van der Waals surface area contributed by atoms with Gasteiger partial charge in [-0.15, -0.1) is 0 Å². The number of hydrogen-bond acceptors (Lipinski definition) is 3. The first-order valence-electron chi connectivity index (χ1n) is 5.85. The summed E-state index contributed by atoms with van der Waals surface area (Å²) in [4.78, 5) is 0. The Bertz CT molecular complexity index is 531. The van der Waals surface area contributed by atoms with Crippen molar-refractivity contribution in [1.29, 1.82) is 0 Å². The summed E-state index contributed by atoms with van der Waals surface area (Å²) in [7, 11) is 1.88. The van der Waals surface area contributed by atoms with Crippen molar-refractivity contribution < 1.29 is 0 Å². The maximum absolute atomic E-state index is 5.94. The molecule has 18 heavy (non-hydrogen) atoms. The Morgan fingerprint density at radius 1 is 1.33 bits per heavy atom. The summed E-state index contributed by atoms with van der Waals surface area (Å²) in [6, 6.07) is 7.86. The van der Waals surface area contributed by atoms with Gasteiger partial charge in [0.15, 0.2) is 0 Å². The van der Waals surface area contributed by atoms with Gasteiger partial charge in [-0.05, 0) is 31.0 Å². The number of aryl methyl sites for hydroxylation is 2. The van der Waals surface area contributed by atoms with Gasteiger partial charge in [0, 0.05) is 18.6 Å². The molecule has 0 saturated carbocycles. The second-order valence-corrected chi connectivity index (χ2v) is 4.71. The molecule has 0 aliphatic rings. The van der Waals surface area contributed by atoms with Gasteiger partial charge in [0.2, 0.25) is 0 Å². The van der Waals surface area contributed by atoms with Gasteiger partial charge in [-0.25, -0.2) is 0 Å². The van der Waals surface area contributed by atoms with Gasteiger partial charge in [-0.3, -0.25) is 4.68 Å². The van der Waals surface area contributed by atoms with Gasteiger partial charge >= 0.3 is 0 Å². The van der Waals surface area contributed by atoms with E-state index in [1.165, 1.54) is 5.56 Å². The number of nitrogens with two attached hydrogens (primary N) is 1. The number of nitrogen functional groups attached to an aromatic ring is 1. The lowest BCUT2D eigenvalue weighted by Gasteiger charge is -2.07. The van der Waals surface area contributed by atoms with Crippen molar-refractivity contribution in [3.05, 3.63) is 40.5 Å². The van der Waals surface area contributed by atoms with Crippen LogP contribution in [0.25, 0.3) is 0 Å². The summed E-state index contributed by atoms with van der Waals surface area (Å²) >= 11 is 5.84. The van der Waals surface area contributed by atoms with Crippen LogP contribution in [-0.2, 0) is 13.5 Å². The monoisotopic (exact) mass is 264 g/mol. The average molecular weight is 265 g/mol. The minimum absolute atomic E-state index is 0.716. The molecule has 0 saturated heterocycles. The zero-order valence-corrected chi connectivity index (χ0v) is 11.3. The van der Waals surface area contributed by atoms with E-state index >= 15 is 0 Å². The number of anilines is 2. The highest BCUT2D eigenvalue weighted by molar-refractivity contribution is 6.30. The highest BCUT2D eigenvalue weighted by Gasteiger charge is 2.08. The molecule has 0 radical (unpaired) electrons. The van der Waals surface area contributed by atoms with Crippen molar-refractivity contribution in [2.24, 2.45) is 7.05 Å². The zero-order chi connectivity index (χ0) is 13.1. The van der Waals surface area contributed by atoms with Crippen LogP contribution in [0, 0.1) is 6.92 Å². The molecule has 0 unspecified atom stereocenters. The highest BCUT2D eigenvalue weighted by Crippen LogP contribution is 2.20. The number of hydrogen-bond donors (Lipinski definition) is 2. The van der Waals surface area contributed by atoms with Gasteiger partial charge in [0.05, 0.1) is 11.4 Å². The van der Waals surface area contributed by atoms with Crippen molar-refractivity contribution in [3.8, 4) is 0 Å². The van der Waals surface area contributed by atoms with Crippen LogP contribution >= 0.6 is 11.6 Å². The molecule has 1 heterocycles. The van der Waals surface area contributed by atoms with Gasteiger partial charge in [0.25, 0.3) is 0 Å². The lowest BCUT2D eigenvalue weighted by atomic mass is 10.1. The van der Waals surface area contributed by atoms with Crippen LogP contribution in [0.3, 0.4) is 0 Å². The zero-order valence-electron chi connectivity index (χ0n) is 10.6. The molecular weight excluding hydrogens is 248 g/mol. The summed E-state index contributed by atoms with van der Waals surface area (Å²) in [6.07, 6.45) is 0.917. The fraction of sp³-hybridized carbons (Fsp3) is 0.308. The number of benzene rings is 1. The van der Waals surface area contributed by atoms with E-state index in [4.69, 9.17) is 17.3 Å². The Morgan fingerprint density at radius 3 is 2.56 bits per heavy atom. The summed E-state index contributed by atoms with van der Waals surface area (Å²) in [5.41, 5.74) is 8.75. The van der Waals surface area contributed by atoms with Crippen LogP contribution in [0.5, 0.6) is 0 Å². The Balaban J connectivity index is 1.94. The third-order valence-electron chi connectivity index (χ3n) is 2.89. The molecule has 96 valence electrons. The summed E-state index contributed by atoms with van der Waals surface area (Å²) in [5, 5.41) is 8.33. The fourth-order valence-electron chi connectivity index (χ4n) is 1.86. The molecule has 1 aromatic heterocycles. The van der Waals surface area contributed by atoms with Crippen molar-refractivity contribution in [1.82, 2.24) is 9.78 Å². The first-order chi connectivity index (χ1) is 8.58. The summed E-state index contributed by atoms with van der Waals surface area (Å²) in [5.74, 6) is 0.876. The van der Waals surface area contributed by atoms with Crippen molar-refractivity contribution in [2.75, 3.05) is 17.6 Å². The molecule has 2 aromatic rings. The van der Waals surface area contributed by atoms with E-state index < -0.39 is 0 Å². The number of aromatic nitrogens is 2. The number of halogens is 1. The normalized spacial score (nSPS) is 10.6. The summed E-state index contributed by atoms with van der Waals surface area (Å²) in [6.45, 7) is 2.71. The first-order valence-corrected chi connectivity index (χ1v) is 6.23. The van der Waals surface area contributed by atoms with Crippen molar-refractivity contribution >= 4 is 23.1 Å². The van der Waals surface area contributed by atoms with E-state index in [0.29, 0.717) is 5.69 Å². The molecular formula is C13H17ClN4. The Labute approximate surface area is 112 Å². The standard InChI is InChI=1S/C13H17ClN4/c1-9-12(15)13(18(2)17-9)16-8-7-10-3-5-11(14)6-4-10/h3-6,16H,7-8,15H2,1-2H3. The maximum atomic E-state index is 5.94. The third-order valence-corrected chi connectivity index (χ3v) is 3.14. The molecule has 0 atom stereocenters. The van der Waals surface area contributed by atoms with Crippen LogP contribution in [-0.4, -0.2) is 16.3 Å². The molecule has 0 bridgehead atoms. The van der Waals surface area contributed by atoms with Gasteiger partial charge in [-0.2, -0.15) is 5.10 Å². The number of nitrogens with zero attached hydrogens (tertiary/aromatic N) is 2. The molecule has 2 rings (SSSR count). The minimum atomic E-state index is 0.716. The molecule has 1 aromatic carbocycles. The van der Waals surface area contributed by atoms with Gasteiger partial charge in [-0.1, -0.05) is 23.7 Å². The SMILES string of the molecule is Cc1nn(C)c(NCCc2ccc(Cl)cc2)c1N. The van der Waals surface area contributed by atoms with E-state index in [1.54, 1.807) is 4.68 Å². The molecule has 5 heteroatoms. The average Bonchev–Trinajstić information content (AvgIpc) is 2.58. The molecule has 0 amide bonds. The summed E-state index contributed by atoms with van der Waals surface area (Å²) < 4.78 is 1.77. The van der Waals surface area contributed by atoms with E-state index in [-0.39, 0.29) is 0 Å².